The van der Waals surface area contributed by atoms with Crippen LogP contribution in [0.25, 0.3) is 0 Å². The predicted octanol–water partition coefficient (Wildman–Crippen LogP) is 1.05. The van der Waals surface area contributed by atoms with Crippen molar-refractivity contribution in [2.45, 2.75) is 51.2 Å². The molecule has 0 aromatic heterocycles. The van der Waals surface area contributed by atoms with E-state index in [1.54, 1.807) is 21.0 Å². The maximum absolute atomic E-state index is 11.9. The lowest BCUT2D eigenvalue weighted by molar-refractivity contribution is -0.140. The minimum Gasteiger partial charge on any atom is -0.369 e. The van der Waals surface area contributed by atoms with Crippen LogP contribution >= 0.6 is 0 Å². The van der Waals surface area contributed by atoms with Gasteiger partial charge in [-0.2, -0.15) is 0 Å². The molecule has 0 saturated heterocycles. The van der Waals surface area contributed by atoms with E-state index in [-0.39, 0.29) is 11.9 Å². The Morgan fingerprint density at radius 3 is 2.62 bits per heavy atom. The van der Waals surface area contributed by atoms with Gasteiger partial charge < -0.3 is 15.8 Å². The van der Waals surface area contributed by atoms with E-state index in [1.165, 1.54) is 12.8 Å². The predicted molar refractivity (Wildman–Crippen MR) is 64.0 cm³/mol. The minimum absolute atomic E-state index is 0.0413. The third kappa shape index (κ3) is 3.19. The molecule has 0 spiro atoms. The molecule has 2 unspecified atom stereocenters. The quantitative estimate of drug-likeness (QED) is 0.756. The summed E-state index contributed by atoms with van der Waals surface area (Å²) in [6.07, 6.45) is 4.55. The maximum Gasteiger partial charge on any atom is 0.251 e. The van der Waals surface area contributed by atoms with Crippen LogP contribution in [0.2, 0.25) is 0 Å². The molecule has 3 N–H and O–H groups in total. The van der Waals surface area contributed by atoms with Crippen molar-refractivity contribution in [3.8, 4) is 0 Å². The van der Waals surface area contributed by atoms with Crippen LogP contribution in [0.15, 0.2) is 0 Å². The molecule has 1 aliphatic rings. The Morgan fingerprint density at radius 2 is 2.06 bits per heavy atom. The highest BCUT2D eigenvalue weighted by atomic mass is 16.5. The molecule has 1 amide bonds. The van der Waals surface area contributed by atoms with Crippen LogP contribution in [0.4, 0.5) is 0 Å². The normalized spacial score (nSPS) is 26.5. The highest BCUT2D eigenvalue weighted by molar-refractivity contribution is 5.84. The van der Waals surface area contributed by atoms with Gasteiger partial charge in [-0.05, 0) is 39.2 Å². The van der Waals surface area contributed by atoms with Gasteiger partial charge in [0.15, 0.2) is 0 Å². The van der Waals surface area contributed by atoms with E-state index in [0.29, 0.717) is 12.5 Å². The SMILES string of the molecule is COC(C)(C)C(=O)NC1CCCCC1CN. The second-order valence-electron chi connectivity index (χ2n) is 5.07. The fourth-order valence-corrected chi connectivity index (χ4v) is 2.11. The van der Waals surface area contributed by atoms with E-state index in [4.69, 9.17) is 10.5 Å². The summed E-state index contributed by atoms with van der Waals surface area (Å²) in [4.78, 5) is 11.9. The first kappa shape index (κ1) is 13.5. The molecule has 0 aromatic carbocycles. The van der Waals surface area contributed by atoms with Crippen LogP contribution in [0.5, 0.6) is 0 Å². The van der Waals surface area contributed by atoms with E-state index in [9.17, 15) is 4.79 Å². The van der Waals surface area contributed by atoms with Gasteiger partial charge in [-0.1, -0.05) is 12.8 Å². The maximum atomic E-state index is 11.9. The third-order valence-corrected chi connectivity index (χ3v) is 3.59. The topological polar surface area (TPSA) is 64.3 Å². The minimum atomic E-state index is -0.753. The Hall–Kier alpha value is -0.610. The molecule has 2 atom stereocenters. The molecule has 4 heteroatoms. The average molecular weight is 228 g/mol. The third-order valence-electron chi connectivity index (χ3n) is 3.59. The second kappa shape index (κ2) is 5.64. The van der Waals surface area contributed by atoms with E-state index in [2.05, 4.69) is 5.32 Å². The van der Waals surface area contributed by atoms with Gasteiger partial charge in [0, 0.05) is 13.2 Å². The molecule has 0 aromatic rings. The van der Waals surface area contributed by atoms with Crippen LogP contribution in [0.1, 0.15) is 39.5 Å². The lowest BCUT2D eigenvalue weighted by atomic mass is 9.84. The monoisotopic (exact) mass is 228 g/mol. The average Bonchev–Trinajstić information content (AvgIpc) is 2.29. The molecule has 1 saturated carbocycles. The number of amides is 1. The van der Waals surface area contributed by atoms with Gasteiger partial charge in [0.2, 0.25) is 0 Å². The van der Waals surface area contributed by atoms with Crippen LogP contribution < -0.4 is 11.1 Å². The zero-order chi connectivity index (χ0) is 12.2. The molecular weight excluding hydrogens is 204 g/mol. The summed E-state index contributed by atoms with van der Waals surface area (Å²) in [5, 5.41) is 3.07. The first-order chi connectivity index (χ1) is 7.51. The van der Waals surface area contributed by atoms with Gasteiger partial charge in [-0.3, -0.25) is 4.79 Å². The first-order valence-corrected chi connectivity index (χ1v) is 6.07. The molecule has 0 bridgehead atoms. The lowest BCUT2D eigenvalue weighted by Gasteiger charge is -2.33. The summed E-state index contributed by atoms with van der Waals surface area (Å²) < 4.78 is 5.17. The fourth-order valence-electron chi connectivity index (χ4n) is 2.11. The summed E-state index contributed by atoms with van der Waals surface area (Å²) in [7, 11) is 1.56. The zero-order valence-electron chi connectivity index (χ0n) is 10.6. The number of carbonyl (C=O) groups excluding carboxylic acids is 1. The number of methoxy groups -OCH3 is 1. The molecular formula is C12H24N2O2. The Bertz CT molecular complexity index is 241. The highest BCUT2D eigenvalue weighted by Crippen LogP contribution is 2.24. The van der Waals surface area contributed by atoms with Gasteiger partial charge in [0.1, 0.15) is 5.60 Å². The number of nitrogens with two attached hydrogens (primary N) is 1. The zero-order valence-corrected chi connectivity index (χ0v) is 10.6. The first-order valence-electron chi connectivity index (χ1n) is 6.07. The summed E-state index contributed by atoms with van der Waals surface area (Å²) in [5.41, 5.74) is 4.97. The van der Waals surface area contributed by atoms with Gasteiger partial charge in [-0.15, -0.1) is 0 Å². The standard InChI is InChI=1S/C12H24N2O2/c1-12(2,16-3)11(15)14-10-7-5-4-6-9(10)8-13/h9-10H,4-8,13H2,1-3H3,(H,14,15). The van der Waals surface area contributed by atoms with Gasteiger partial charge in [0.05, 0.1) is 0 Å². The van der Waals surface area contributed by atoms with E-state index in [0.717, 1.165) is 12.8 Å². The number of nitrogens with one attached hydrogen (secondary N) is 1. The van der Waals surface area contributed by atoms with Gasteiger partial charge in [-0.25, -0.2) is 0 Å². The van der Waals surface area contributed by atoms with E-state index in [1.807, 2.05) is 0 Å². The fraction of sp³-hybridized carbons (Fsp3) is 0.917. The van der Waals surface area contributed by atoms with Crippen LogP contribution in [-0.4, -0.2) is 31.2 Å². The van der Waals surface area contributed by atoms with Crippen molar-refractivity contribution >= 4 is 5.91 Å². The summed E-state index contributed by atoms with van der Waals surface area (Å²) in [6.45, 7) is 4.21. The number of hydrogen-bond donors (Lipinski definition) is 2. The largest absolute Gasteiger partial charge is 0.369 e. The van der Waals surface area contributed by atoms with E-state index < -0.39 is 5.60 Å². The molecule has 1 aliphatic carbocycles. The number of ether oxygens (including phenoxy) is 1. The van der Waals surface area contributed by atoms with Crippen molar-refractivity contribution in [1.82, 2.24) is 5.32 Å². The summed E-state index contributed by atoms with van der Waals surface area (Å²) in [5.74, 6) is 0.380. The molecule has 0 aliphatic heterocycles. The van der Waals surface area contributed by atoms with Crippen molar-refractivity contribution in [3.63, 3.8) is 0 Å². The smallest absolute Gasteiger partial charge is 0.251 e. The summed E-state index contributed by atoms with van der Waals surface area (Å²) in [6, 6.07) is 0.223. The van der Waals surface area contributed by atoms with Crippen molar-refractivity contribution in [1.29, 1.82) is 0 Å². The molecule has 0 heterocycles. The number of rotatable bonds is 4. The van der Waals surface area contributed by atoms with Gasteiger partial charge >= 0.3 is 0 Å². The van der Waals surface area contributed by atoms with Crippen LogP contribution in [0, 0.1) is 5.92 Å². The molecule has 4 nitrogen and oxygen atoms in total. The van der Waals surface area contributed by atoms with Crippen LogP contribution in [-0.2, 0) is 9.53 Å². The van der Waals surface area contributed by atoms with E-state index >= 15 is 0 Å². The molecule has 0 radical (unpaired) electrons. The Morgan fingerprint density at radius 1 is 1.44 bits per heavy atom. The van der Waals surface area contributed by atoms with Crippen molar-refractivity contribution in [2.75, 3.05) is 13.7 Å². The molecule has 1 fully saturated rings. The van der Waals surface area contributed by atoms with Crippen molar-refractivity contribution < 1.29 is 9.53 Å². The van der Waals surface area contributed by atoms with Crippen molar-refractivity contribution in [2.24, 2.45) is 11.7 Å². The second-order valence-corrected chi connectivity index (χ2v) is 5.07. The summed E-state index contributed by atoms with van der Waals surface area (Å²) >= 11 is 0. The van der Waals surface area contributed by atoms with Crippen LogP contribution in [0.3, 0.4) is 0 Å². The Labute approximate surface area is 97.9 Å². The number of carbonyl (C=O) groups is 1. The highest BCUT2D eigenvalue weighted by Gasteiger charge is 2.32. The Balaban J connectivity index is 2.54. The van der Waals surface area contributed by atoms with Gasteiger partial charge in [0.25, 0.3) is 5.91 Å². The molecule has 1 rings (SSSR count). The molecule has 16 heavy (non-hydrogen) atoms. The molecule has 94 valence electrons. The number of hydrogen-bond acceptors (Lipinski definition) is 3. The Kier molecular flexibility index (Phi) is 4.74. The van der Waals surface area contributed by atoms with Crippen molar-refractivity contribution in [3.05, 3.63) is 0 Å². The lowest BCUT2D eigenvalue weighted by Crippen LogP contribution is -2.52.